The second kappa shape index (κ2) is 10.9. The molecule has 150 valence electrons. The molecule has 0 amide bonds. The highest BCUT2D eigenvalue weighted by atomic mass is 32.2. The van der Waals surface area contributed by atoms with Crippen molar-refractivity contribution in [2.75, 3.05) is 45.6 Å². The fourth-order valence-corrected chi connectivity index (χ4v) is 4.28. The molecule has 27 heavy (non-hydrogen) atoms. The molecule has 2 saturated heterocycles. The van der Waals surface area contributed by atoms with Gasteiger partial charge < -0.3 is 19.7 Å². The van der Waals surface area contributed by atoms with Crippen molar-refractivity contribution in [2.45, 2.75) is 42.8 Å². The van der Waals surface area contributed by atoms with E-state index in [4.69, 9.17) is 9.47 Å². The molecular formula is C20H30FN3O2S. The monoisotopic (exact) mass is 395 g/mol. The van der Waals surface area contributed by atoms with Crippen LogP contribution in [-0.4, -0.2) is 68.7 Å². The first-order valence-corrected chi connectivity index (χ1v) is 10.8. The SMILES string of the molecule is CN=C(NCCSc1ccccc1F)N1CCC(OCC2CCCO2)CC1. The van der Waals surface area contributed by atoms with Crippen molar-refractivity contribution < 1.29 is 13.9 Å². The van der Waals surface area contributed by atoms with Gasteiger partial charge in [-0.3, -0.25) is 4.99 Å². The van der Waals surface area contributed by atoms with Gasteiger partial charge in [0.25, 0.3) is 0 Å². The summed E-state index contributed by atoms with van der Waals surface area (Å²) in [7, 11) is 1.81. The van der Waals surface area contributed by atoms with Crippen LogP contribution in [-0.2, 0) is 9.47 Å². The Morgan fingerprint density at radius 2 is 2.15 bits per heavy atom. The van der Waals surface area contributed by atoms with Crippen LogP contribution in [0.25, 0.3) is 0 Å². The average Bonchev–Trinajstić information content (AvgIpc) is 3.22. The average molecular weight is 396 g/mol. The molecule has 1 aromatic carbocycles. The van der Waals surface area contributed by atoms with E-state index in [-0.39, 0.29) is 5.82 Å². The lowest BCUT2D eigenvalue weighted by Gasteiger charge is -2.34. The van der Waals surface area contributed by atoms with Gasteiger partial charge in [0, 0.05) is 43.9 Å². The Labute approximate surface area is 165 Å². The highest BCUT2D eigenvalue weighted by Gasteiger charge is 2.24. The molecule has 0 spiro atoms. The number of nitrogens with zero attached hydrogens (tertiary/aromatic N) is 2. The Hall–Kier alpha value is -1.31. The Bertz CT molecular complexity index is 603. The number of guanidine groups is 1. The zero-order valence-electron chi connectivity index (χ0n) is 16.0. The minimum Gasteiger partial charge on any atom is -0.376 e. The number of aliphatic imine (C=N–C) groups is 1. The van der Waals surface area contributed by atoms with Crippen molar-refractivity contribution >= 4 is 17.7 Å². The van der Waals surface area contributed by atoms with E-state index in [1.54, 1.807) is 6.07 Å². The van der Waals surface area contributed by atoms with Crippen molar-refractivity contribution in [1.29, 1.82) is 0 Å². The van der Waals surface area contributed by atoms with Crippen LogP contribution >= 0.6 is 11.8 Å². The van der Waals surface area contributed by atoms with E-state index in [1.165, 1.54) is 17.8 Å². The van der Waals surface area contributed by atoms with Crippen LogP contribution in [0.15, 0.2) is 34.2 Å². The second-order valence-corrected chi connectivity index (χ2v) is 8.04. The topological polar surface area (TPSA) is 46.1 Å². The molecule has 2 fully saturated rings. The summed E-state index contributed by atoms with van der Waals surface area (Å²) in [6.45, 7) is 4.24. The van der Waals surface area contributed by atoms with Gasteiger partial charge in [-0.2, -0.15) is 0 Å². The minimum atomic E-state index is -0.156. The maximum Gasteiger partial charge on any atom is 0.193 e. The molecule has 1 unspecified atom stereocenters. The first-order valence-electron chi connectivity index (χ1n) is 9.82. The highest BCUT2D eigenvalue weighted by Crippen LogP contribution is 2.21. The van der Waals surface area contributed by atoms with Gasteiger partial charge in [0.05, 0.1) is 18.8 Å². The lowest BCUT2D eigenvalue weighted by Crippen LogP contribution is -2.47. The van der Waals surface area contributed by atoms with E-state index >= 15 is 0 Å². The third-order valence-corrected chi connectivity index (χ3v) is 6.02. The number of halogens is 1. The summed E-state index contributed by atoms with van der Waals surface area (Å²) in [5, 5.41) is 3.39. The zero-order valence-corrected chi connectivity index (χ0v) is 16.8. The predicted molar refractivity (Wildman–Crippen MR) is 108 cm³/mol. The zero-order chi connectivity index (χ0) is 18.9. The van der Waals surface area contributed by atoms with Crippen molar-refractivity contribution in [3.8, 4) is 0 Å². The number of benzene rings is 1. The third-order valence-electron chi connectivity index (χ3n) is 4.97. The van der Waals surface area contributed by atoms with Gasteiger partial charge in [-0.05, 0) is 37.8 Å². The number of ether oxygens (including phenoxy) is 2. The largest absolute Gasteiger partial charge is 0.376 e. The third kappa shape index (κ3) is 6.36. The van der Waals surface area contributed by atoms with Crippen LogP contribution in [0, 0.1) is 5.82 Å². The van der Waals surface area contributed by atoms with E-state index < -0.39 is 0 Å². The molecule has 3 rings (SSSR count). The first kappa shape index (κ1) is 20.4. The molecule has 0 aliphatic carbocycles. The van der Waals surface area contributed by atoms with Crippen molar-refractivity contribution in [2.24, 2.45) is 4.99 Å². The summed E-state index contributed by atoms with van der Waals surface area (Å²) in [5.74, 6) is 1.56. The Morgan fingerprint density at radius 1 is 1.33 bits per heavy atom. The van der Waals surface area contributed by atoms with Crippen molar-refractivity contribution in [1.82, 2.24) is 10.2 Å². The van der Waals surface area contributed by atoms with Crippen molar-refractivity contribution in [3.63, 3.8) is 0 Å². The maximum absolute atomic E-state index is 13.6. The minimum absolute atomic E-state index is 0.156. The van der Waals surface area contributed by atoms with Crippen LogP contribution in [0.2, 0.25) is 0 Å². The smallest absolute Gasteiger partial charge is 0.193 e. The van der Waals surface area contributed by atoms with E-state index in [9.17, 15) is 4.39 Å². The fourth-order valence-electron chi connectivity index (χ4n) is 3.47. The molecule has 0 bridgehead atoms. The molecule has 0 saturated carbocycles. The van der Waals surface area contributed by atoms with Crippen LogP contribution in [0.3, 0.4) is 0 Å². The molecule has 2 aliphatic heterocycles. The standard InChI is InChI=1S/C20H30FN3O2S/c1-22-20(23-10-14-27-19-7-3-2-6-18(19)21)24-11-8-16(9-12-24)26-15-17-5-4-13-25-17/h2-3,6-7,16-17H,4-5,8-15H2,1H3,(H,22,23). The Kier molecular flexibility index (Phi) is 8.23. The summed E-state index contributed by atoms with van der Waals surface area (Å²) in [4.78, 5) is 7.37. The quantitative estimate of drug-likeness (QED) is 0.333. The van der Waals surface area contributed by atoms with Crippen molar-refractivity contribution in [3.05, 3.63) is 30.1 Å². The van der Waals surface area contributed by atoms with Gasteiger partial charge in [0.15, 0.2) is 5.96 Å². The van der Waals surface area contributed by atoms with Crippen LogP contribution in [0.4, 0.5) is 4.39 Å². The number of hydrogen-bond acceptors (Lipinski definition) is 4. The van der Waals surface area contributed by atoms with E-state index in [0.717, 1.165) is 70.2 Å². The summed E-state index contributed by atoms with van der Waals surface area (Å²) >= 11 is 1.52. The Morgan fingerprint density at radius 3 is 2.85 bits per heavy atom. The van der Waals surface area contributed by atoms with E-state index in [2.05, 4.69) is 15.2 Å². The van der Waals surface area contributed by atoms with Gasteiger partial charge in [0.2, 0.25) is 0 Å². The molecule has 0 aromatic heterocycles. The molecule has 0 radical (unpaired) electrons. The summed E-state index contributed by atoms with van der Waals surface area (Å²) in [6.07, 6.45) is 4.92. The maximum atomic E-state index is 13.6. The second-order valence-electron chi connectivity index (χ2n) is 6.91. The lowest BCUT2D eigenvalue weighted by atomic mass is 10.1. The molecule has 1 aromatic rings. The molecule has 2 heterocycles. The number of likely N-dealkylation sites (tertiary alicyclic amines) is 1. The number of rotatable bonds is 7. The molecule has 1 atom stereocenters. The Balaban J connectivity index is 1.33. The highest BCUT2D eigenvalue weighted by molar-refractivity contribution is 7.99. The number of thioether (sulfide) groups is 1. The van der Waals surface area contributed by atoms with Crippen LogP contribution in [0.5, 0.6) is 0 Å². The van der Waals surface area contributed by atoms with Crippen LogP contribution < -0.4 is 5.32 Å². The number of hydrogen-bond donors (Lipinski definition) is 1. The molecule has 1 N–H and O–H groups in total. The van der Waals surface area contributed by atoms with Gasteiger partial charge in [0.1, 0.15) is 5.82 Å². The van der Waals surface area contributed by atoms with Crippen LogP contribution in [0.1, 0.15) is 25.7 Å². The van der Waals surface area contributed by atoms with Gasteiger partial charge in [-0.25, -0.2) is 4.39 Å². The normalized spacial score (nSPS) is 21.6. The molecular weight excluding hydrogens is 365 g/mol. The van der Waals surface area contributed by atoms with Gasteiger partial charge in [-0.1, -0.05) is 12.1 Å². The number of piperidine rings is 1. The summed E-state index contributed by atoms with van der Waals surface area (Å²) in [5.41, 5.74) is 0. The van der Waals surface area contributed by atoms with E-state index in [0.29, 0.717) is 17.1 Å². The summed E-state index contributed by atoms with van der Waals surface area (Å²) < 4.78 is 25.3. The number of nitrogens with one attached hydrogen (secondary N) is 1. The lowest BCUT2D eigenvalue weighted by molar-refractivity contribution is -0.0367. The molecule has 5 nitrogen and oxygen atoms in total. The molecule has 7 heteroatoms. The van der Waals surface area contributed by atoms with Gasteiger partial charge in [-0.15, -0.1) is 11.8 Å². The van der Waals surface area contributed by atoms with E-state index in [1.807, 2.05) is 19.2 Å². The molecule has 2 aliphatic rings. The van der Waals surface area contributed by atoms with Gasteiger partial charge >= 0.3 is 0 Å². The predicted octanol–water partition coefficient (Wildman–Crippen LogP) is 3.15. The fraction of sp³-hybridized carbons (Fsp3) is 0.650. The first-order chi connectivity index (χ1) is 13.3. The summed E-state index contributed by atoms with van der Waals surface area (Å²) in [6, 6.07) is 6.90.